The predicted octanol–water partition coefficient (Wildman–Crippen LogP) is 1.36. The summed E-state index contributed by atoms with van der Waals surface area (Å²) < 4.78 is 26.3. The molecule has 3 N–H and O–H groups in total. The number of aromatic amines is 1. The van der Waals surface area contributed by atoms with Gasteiger partial charge in [0.15, 0.2) is 0 Å². The molecule has 0 aliphatic carbocycles. The van der Waals surface area contributed by atoms with Gasteiger partial charge in [-0.05, 0) is 23.8 Å². The number of hydrogen-bond donors (Lipinski definition) is 3. The van der Waals surface area contributed by atoms with Crippen LogP contribution in [0.5, 0.6) is 0 Å². The van der Waals surface area contributed by atoms with Crippen LogP contribution in [-0.2, 0) is 16.6 Å². The Morgan fingerprint density at radius 2 is 2.22 bits per heavy atom. The molecule has 0 unspecified atom stereocenters. The zero-order chi connectivity index (χ0) is 13.2. The lowest BCUT2D eigenvalue weighted by atomic mass is 10.2. The Balaban J connectivity index is 2.35. The van der Waals surface area contributed by atoms with Crippen LogP contribution in [0.2, 0.25) is 5.02 Å². The highest BCUT2D eigenvalue weighted by atomic mass is 35.5. The average molecular weight is 288 g/mol. The molecule has 0 saturated heterocycles. The molecule has 0 fully saturated rings. The molecule has 1 aromatic heterocycles. The first kappa shape index (κ1) is 12.9. The van der Waals surface area contributed by atoms with Crippen molar-refractivity contribution in [1.29, 1.82) is 0 Å². The minimum atomic E-state index is -3.71. The van der Waals surface area contributed by atoms with Crippen molar-refractivity contribution < 1.29 is 13.5 Å². The number of aliphatic hydroxyl groups excluding tert-OH is 1. The standard InChI is InChI=1S/C10H10ClN3O3S/c11-10-2-1-9(3-7(10)6-15)18(16,17)14-8-4-12-13-5-8/h1-5,14-15H,6H2,(H,12,13). The third kappa shape index (κ3) is 2.63. The van der Waals surface area contributed by atoms with Crippen LogP contribution >= 0.6 is 11.6 Å². The van der Waals surface area contributed by atoms with E-state index in [0.717, 1.165) is 0 Å². The second-order valence-electron chi connectivity index (χ2n) is 3.50. The second kappa shape index (κ2) is 4.97. The maximum Gasteiger partial charge on any atom is 0.262 e. The second-order valence-corrected chi connectivity index (χ2v) is 5.59. The van der Waals surface area contributed by atoms with Crippen LogP contribution in [0.1, 0.15) is 5.56 Å². The fourth-order valence-electron chi connectivity index (χ4n) is 1.36. The molecule has 0 saturated carbocycles. The molecule has 8 heteroatoms. The van der Waals surface area contributed by atoms with Gasteiger partial charge in [-0.25, -0.2) is 8.42 Å². The van der Waals surface area contributed by atoms with E-state index in [9.17, 15) is 8.42 Å². The summed E-state index contributed by atoms with van der Waals surface area (Å²) in [6.45, 7) is -0.325. The molecule has 0 atom stereocenters. The zero-order valence-electron chi connectivity index (χ0n) is 9.09. The van der Waals surface area contributed by atoms with E-state index in [-0.39, 0.29) is 11.5 Å². The van der Waals surface area contributed by atoms with Crippen molar-refractivity contribution in [3.8, 4) is 0 Å². The SMILES string of the molecule is O=S(=O)(Nc1cn[nH]c1)c1ccc(Cl)c(CO)c1. The van der Waals surface area contributed by atoms with E-state index in [1.807, 2.05) is 0 Å². The van der Waals surface area contributed by atoms with Crippen LogP contribution < -0.4 is 4.72 Å². The molecule has 0 bridgehead atoms. The van der Waals surface area contributed by atoms with Crippen molar-refractivity contribution >= 4 is 27.3 Å². The van der Waals surface area contributed by atoms with E-state index in [1.54, 1.807) is 0 Å². The average Bonchev–Trinajstić information content (AvgIpc) is 2.81. The lowest BCUT2D eigenvalue weighted by Crippen LogP contribution is -2.12. The quantitative estimate of drug-likeness (QED) is 0.791. The Hall–Kier alpha value is -1.57. The highest BCUT2D eigenvalue weighted by Gasteiger charge is 2.16. The molecular weight excluding hydrogens is 278 g/mol. The lowest BCUT2D eigenvalue weighted by Gasteiger charge is -2.08. The number of hydrogen-bond acceptors (Lipinski definition) is 4. The Morgan fingerprint density at radius 3 is 2.83 bits per heavy atom. The number of aliphatic hydroxyl groups is 1. The molecule has 0 aliphatic heterocycles. The van der Waals surface area contributed by atoms with Crippen LogP contribution in [-0.4, -0.2) is 23.7 Å². The van der Waals surface area contributed by atoms with Crippen molar-refractivity contribution in [3.63, 3.8) is 0 Å². The summed E-state index contributed by atoms with van der Waals surface area (Å²) in [5.41, 5.74) is 0.683. The number of aromatic nitrogens is 2. The largest absolute Gasteiger partial charge is 0.392 e. The van der Waals surface area contributed by atoms with Crippen LogP contribution in [0.15, 0.2) is 35.5 Å². The van der Waals surface area contributed by atoms with Gasteiger partial charge in [0.2, 0.25) is 0 Å². The highest BCUT2D eigenvalue weighted by molar-refractivity contribution is 7.92. The molecule has 1 heterocycles. The molecular formula is C10H10ClN3O3S. The van der Waals surface area contributed by atoms with Gasteiger partial charge in [-0.1, -0.05) is 11.6 Å². The summed E-state index contributed by atoms with van der Waals surface area (Å²) in [6.07, 6.45) is 2.76. The van der Waals surface area contributed by atoms with E-state index >= 15 is 0 Å². The van der Waals surface area contributed by atoms with Gasteiger partial charge >= 0.3 is 0 Å². The molecule has 0 spiro atoms. The molecule has 0 amide bonds. The smallest absolute Gasteiger partial charge is 0.262 e. The predicted molar refractivity (Wildman–Crippen MR) is 66.8 cm³/mol. The normalized spacial score (nSPS) is 11.4. The molecule has 1 aromatic carbocycles. The van der Waals surface area contributed by atoms with Crippen LogP contribution in [0.4, 0.5) is 5.69 Å². The summed E-state index contributed by atoms with van der Waals surface area (Å²) in [6, 6.07) is 4.12. The van der Waals surface area contributed by atoms with E-state index in [4.69, 9.17) is 16.7 Å². The van der Waals surface area contributed by atoms with Crippen molar-refractivity contribution in [2.24, 2.45) is 0 Å². The minimum Gasteiger partial charge on any atom is -0.392 e. The molecule has 96 valence electrons. The maximum absolute atomic E-state index is 12.0. The number of nitrogens with one attached hydrogen (secondary N) is 2. The lowest BCUT2D eigenvalue weighted by molar-refractivity contribution is 0.281. The monoisotopic (exact) mass is 287 g/mol. The number of anilines is 1. The summed E-state index contributed by atoms with van der Waals surface area (Å²) in [5, 5.41) is 15.5. The van der Waals surface area contributed by atoms with E-state index in [0.29, 0.717) is 16.3 Å². The van der Waals surface area contributed by atoms with Crippen molar-refractivity contribution in [3.05, 3.63) is 41.2 Å². The van der Waals surface area contributed by atoms with Gasteiger partial charge in [-0.2, -0.15) is 5.10 Å². The number of halogens is 1. The molecule has 18 heavy (non-hydrogen) atoms. The first-order chi connectivity index (χ1) is 8.53. The topological polar surface area (TPSA) is 95.1 Å². The minimum absolute atomic E-state index is 0.0251. The van der Waals surface area contributed by atoms with E-state index < -0.39 is 10.0 Å². The van der Waals surface area contributed by atoms with Gasteiger partial charge in [-0.3, -0.25) is 9.82 Å². The van der Waals surface area contributed by atoms with Crippen LogP contribution in [0.25, 0.3) is 0 Å². The Morgan fingerprint density at radius 1 is 1.44 bits per heavy atom. The number of nitrogens with zero attached hydrogens (tertiary/aromatic N) is 1. The number of rotatable bonds is 4. The Kier molecular flexibility index (Phi) is 3.55. The fraction of sp³-hybridized carbons (Fsp3) is 0.100. The fourth-order valence-corrected chi connectivity index (χ4v) is 2.62. The van der Waals surface area contributed by atoms with Gasteiger partial charge in [-0.15, -0.1) is 0 Å². The summed E-state index contributed by atoms with van der Waals surface area (Å²) in [7, 11) is -3.71. The number of H-pyrrole nitrogens is 1. The molecule has 2 rings (SSSR count). The van der Waals surface area contributed by atoms with Crippen molar-refractivity contribution in [2.45, 2.75) is 11.5 Å². The van der Waals surface area contributed by atoms with Gasteiger partial charge in [0.1, 0.15) is 0 Å². The van der Waals surface area contributed by atoms with E-state index in [1.165, 1.54) is 30.6 Å². The van der Waals surface area contributed by atoms with Gasteiger partial charge < -0.3 is 5.11 Å². The van der Waals surface area contributed by atoms with Crippen LogP contribution in [0.3, 0.4) is 0 Å². The number of sulfonamides is 1. The first-order valence-corrected chi connectivity index (χ1v) is 6.80. The first-order valence-electron chi connectivity index (χ1n) is 4.94. The molecule has 2 aromatic rings. The van der Waals surface area contributed by atoms with Gasteiger partial charge in [0, 0.05) is 11.2 Å². The third-order valence-electron chi connectivity index (χ3n) is 2.25. The third-order valence-corrected chi connectivity index (χ3v) is 4.00. The van der Waals surface area contributed by atoms with Crippen molar-refractivity contribution in [2.75, 3.05) is 4.72 Å². The molecule has 0 radical (unpaired) electrons. The summed E-state index contributed by atoms with van der Waals surface area (Å²) >= 11 is 5.80. The summed E-state index contributed by atoms with van der Waals surface area (Å²) in [5.74, 6) is 0. The highest BCUT2D eigenvalue weighted by Crippen LogP contribution is 2.22. The molecule has 0 aliphatic rings. The molecule has 6 nitrogen and oxygen atoms in total. The van der Waals surface area contributed by atoms with Gasteiger partial charge in [0.05, 0.1) is 23.4 Å². The number of benzene rings is 1. The summed E-state index contributed by atoms with van der Waals surface area (Å²) in [4.78, 5) is 0.0251. The Labute approximate surface area is 109 Å². The maximum atomic E-state index is 12.0. The van der Waals surface area contributed by atoms with Crippen molar-refractivity contribution in [1.82, 2.24) is 10.2 Å². The van der Waals surface area contributed by atoms with E-state index in [2.05, 4.69) is 14.9 Å². The Bertz CT molecular complexity index is 640. The van der Waals surface area contributed by atoms with Gasteiger partial charge in [0.25, 0.3) is 10.0 Å². The van der Waals surface area contributed by atoms with Crippen LogP contribution in [0, 0.1) is 0 Å². The zero-order valence-corrected chi connectivity index (χ0v) is 10.7.